The molecule has 1 aromatic heterocycles. The van der Waals surface area contributed by atoms with Gasteiger partial charge < -0.3 is 9.15 Å². The quantitative estimate of drug-likeness (QED) is 0.492. The van der Waals surface area contributed by atoms with Gasteiger partial charge in [0.05, 0.1) is 17.7 Å². The van der Waals surface area contributed by atoms with E-state index in [1.807, 2.05) is 0 Å². The van der Waals surface area contributed by atoms with E-state index in [0.717, 1.165) is 0 Å². The molecule has 0 amide bonds. The van der Waals surface area contributed by atoms with Crippen molar-refractivity contribution in [1.29, 1.82) is 0 Å². The molecule has 0 N–H and O–H groups in total. The van der Waals surface area contributed by atoms with E-state index in [9.17, 15) is 12.8 Å². The van der Waals surface area contributed by atoms with Crippen molar-refractivity contribution in [3.63, 3.8) is 0 Å². The van der Waals surface area contributed by atoms with Gasteiger partial charge in [0, 0.05) is 5.39 Å². The van der Waals surface area contributed by atoms with Crippen LogP contribution in [0, 0.1) is 5.82 Å². The molecule has 146 valence electrons. The van der Waals surface area contributed by atoms with Crippen LogP contribution < -0.4 is 10.3 Å². The summed E-state index contributed by atoms with van der Waals surface area (Å²) in [5, 5.41) is 0.553. The van der Waals surface area contributed by atoms with Gasteiger partial charge in [0.25, 0.3) is 0 Å². The van der Waals surface area contributed by atoms with Crippen molar-refractivity contribution in [1.82, 2.24) is 0 Å². The molecule has 0 atom stereocenters. The number of fused-ring (bicyclic) bond motifs is 1. The lowest BCUT2D eigenvalue weighted by Gasteiger charge is -2.09. The Morgan fingerprint density at radius 2 is 1.66 bits per heavy atom. The molecule has 0 aliphatic rings. The van der Waals surface area contributed by atoms with Gasteiger partial charge in [-0.15, -0.1) is 0 Å². The van der Waals surface area contributed by atoms with Gasteiger partial charge in [0.2, 0.25) is 15.4 Å². The first-order valence-corrected chi connectivity index (χ1v) is 10.2. The summed E-state index contributed by atoms with van der Waals surface area (Å²) in [5.41, 5.74) is 0.606. The fraction of sp³-hybridized carbons (Fsp3) is 0.0455. The van der Waals surface area contributed by atoms with E-state index in [0.29, 0.717) is 22.4 Å². The van der Waals surface area contributed by atoms with E-state index in [4.69, 9.17) is 9.15 Å². The Labute approximate surface area is 166 Å². The van der Waals surface area contributed by atoms with E-state index >= 15 is 0 Å². The third-order valence-corrected chi connectivity index (χ3v) is 6.09. The van der Waals surface area contributed by atoms with Crippen LogP contribution in [0.3, 0.4) is 0 Å². The Kier molecular flexibility index (Phi) is 4.90. The van der Waals surface area contributed by atoms with Gasteiger partial charge in [-0.25, -0.2) is 17.8 Å². The van der Waals surface area contributed by atoms with Gasteiger partial charge in [0.15, 0.2) is 11.3 Å². The summed E-state index contributed by atoms with van der Waals surface area (Å²) in [5.74, 6) is 0.0277. The van der Waals surface area contributed by atoms with Gasteiger partial charge in [-0.1, -0.05) is 30.3 Å². The molecular formula is C22H16FNO4S. The average Bonchev–Trinajstić information content (AvgIpc) is 2.75. The van der Waals surface area contributed by atoms with Gasteiger partial charge in [-0.2, -0.15) is 0 Å². The van der Waals surface area contributed by atoms with Crippen LogP contribution in [0.4, 0.5) is 10.1 Å². The Balaban J connectivity index is 2.06. The predicted octanol–water partition coefficient (Wildman–Crippen LogP) is 4.65. The SMILES string of the molecule is COc1cccc2cc(S(=O)(=O)c3ccccc3)c(=Nc3ccc(F)cc3)oc12. The van der Waals surface area contributed by atoms with Gasteiger partial charge in [-0.05, 0) is 48.5 Å². The number of nitrogens with zero attached hydrogens (tertiary/aromatic N) is 1. The Bertz CT molecular complexity index is 1350. The third-order valence-electron chi connectivity index (χ3n) is 4.33. The minimum absolute atomic E-state index is 0.0891. The number of para-hydroxylation sites is 1. The highest BCUT2D eigenvalue weighted by molar-refractivity contribution is 7.91. The molecule has 0 radical (unpaired) electrons. The lowest BCUT2D eigenvalue weighted by atomic mass is 10.2. The second kappa shape index (κ2) is 7.52. The number of sulfone groups is 1. The molecule has 0 spiro atoms. The Morgan fingerprint density at radius 3 is 2.34 bits per heavy atom. The topological polar surface area (TPSA) is 68.9 Å². The van der Waals surface area contributed by atoms with Crippen LogP contribution in [0.5, 0.6) is 5.75 Å². The van der Waals surface area contributed by atoms with E-state index in [2.05, 4.69) is 4.99 Å². The average molecular weight is 409 g/mol. The standard InChI is InChI=1S/C22H16FNO4S/c1-27-19-9-5-6-15-14-20(29(25,26)18-7-3-2-4-8-18)22(28-21(15)19)24-17-12-10-16(23)11-13-17/h2-14H,1H3. The lowest BCUT2D eigenvalue weighted by Crippen LogP contribution is -2.16. The minimum Gasteiger partial charge on any atom is -0.493 e. The molecule has 0 bridgehead atoms. The van der Waals surface area contributed by atoms with Gasteiger partial charge in [0.1, 0.15) is 10.7 Å². The first-order chi connectivity index (χ1) is 14.0. The highest BCUT2D eigenvalue weighted by atomic mass is 32.2. The number of methoxy groups -OCH3 is 1. The smallest absolute Gasteiger partial charge is 0.239 e. The maximum atomic E-state index is 13.3. The number of ether oxygens (including phenoxy) is 1. The number of hydrogen-bond donors (Lipinski definition) is 0. The zero-order chi connectivity index (χ0) is 20.4. The summed E-state index contributed by atoms with van der Waals surface area (Å²) >= 11 is 0. The van der Waals surface area contributed by atoms with E-state index in [1.54, 1.807) is 36.4 Å². The molecule has 1 heterocycles. The highest BCUT2D eigenvalue weighted by Gasteiger charge is 2.23. The second-order valence-electron chi connectivity index (χ2n) is 6.20. The molecule has 0 aliphatic carbocycles. The number of rotatable bonds is 4. The second-order valence-corrected chi connectivity index (χ2v) is 8.12. The molecular weight excluding hydrogens is 393 g/mol. The summed E-state index contributed by atoms with van der Waals surface area (Å²) in [7, 11) is -2.42. The van der Waals surface area contributed by atoms with Crippen LogP contribution in [0.2, 0.25) is 0 Å². The fourth-order valence-electron chi connectivity index (χ4n) is 2.90. The maximum absolute atomic E-state index is 13.3. The van der Waals surface area contributed by atoms with Crippen molar-refractivity contribution in [3.8, 4) is 5.75 Å². The van der Waals surface area contributed by atoms with Crippen molar-refractivity contribution in [2.24, 2.45) is 4.99 Å². The molecule has 0 unspecified atom stereocenters. The van der Waals surface area contributed by atoms with Crippen LogP contribution in [0.15, 0.2) is 98.1 Å². The fourth-order valence-corrected chi connectivity index (χ4v) is 4.26. The molecule has 0 fully saturated rings. The highest BCUT2D eigenvalue weighted by Crippen LogP contribution is 2.28. The molecule has 0 saturated carbocycles. The molecule has 3 aromatic carbocycles. The van der Waals surface area contributed by atoms with Crippen molar-refractivity contribution in [2.75, 3.05) is 7.11 Å². The molecule has 0 aliphatic heterocycles. The third kappa shape index (κ3) is 3.64. The summed E-state index contributed by atoms with van der Waals surface area (Å²) in [6.07, 6.45) is 0. The van der Waals surface area contributed by atoms with E-state index < -0.39 is 15.7 Å². The molecule has 4 rings (SSSR count). The molecule has 29 heavy (non-hydrogen) atoms. The van der Waals surface area contributed by atoms with E-state index in [1.165, 1.54) is 49.6 Å². The van der Waals surface area contributed by atoms with Crippen molar-refractivity contribution < 1.29 is 22.0 Å². The van der Waals surface area contributed by atoms with Crippen molar-refractivity contribution in [3.05, 3.63) is 90.2 Å². The lowest BCUT2D eigenvalue weighted by molar-refractivity contribution is 0.404. The largest absolute Gasteiger partial charge is 0.493 e. The molecule has 5 nitrogen and oxygen atoms in total. The first kappa shape index (κ1) is 18.9. The first-order valence-electron chi connectivity index (χ1n) is 8.70. The number of hydrogen-bond acceptors (Lipinski definition) is 5. The van der Waals surface area contributed by atoms with Gasteiger partial charge in [-0.3, -0.25) is 0 Å². The Morgan fingerprint density at radius 1 is 0.931 bits per heavy atom. The summed E-state index contributed by atoms with van der Waals surface area (Å²) in [6.45, 7) is 0. The zero-order valence-electron chi connectivity index (χ0n) is 15.4. The molecule has 0 saturated heterocycles. The summed E-state index contributed by atoms with van der Waals surface area (Å²) in [4.78, 5) is 4.36. The molecule has 7 heteroatoms. The maximum Gasteiger partial charge on any atom is 0.239 e. The van der Waals surface area contributed by atoms with Crippen LogP contribution in [-0.4, -0.2) is 15.5 Å². The van der Waals surface area contributed by atoms with Crippen molar-refractivity contribution in [2.45, 2.75) is 9.79 Å². The number of halogens is 1. The minimum atomic E-state index is -3.91. The summed E-state index contributed by atoms with van der Waals surface area (Å²) < 4.78 is 51.0. The molecule has 4 aromatic rings. The zero-order valence-corrected chi connectivity index (χ0v) is 16.2. The normalized spacial score (nSPS) is 12.3. The van der Waals surface area contributed by atoms with Crippen LogP contribution in [0.25, 0.3) is 11.0 Å². The van der Waals surface area contributed by atoms with Crippen LogP contribution in [-0.2, 0) is 9.84 Å². The van der Waals surface area contributed by atoms with Crippen LogP contribution in [0.1, 0.15) is 0 Å². The predicted molar refractivity (Wildman–Crippen MR) is 106 cm³/mol. The van der Waals surface area contributed by atoms with Gasteiger partial charge >= 0.3 is 0 Å². The van der Waals surface area contributed by atoms with E-state index in [-0.39, 0.29) is 15.3 Å². The van der Waals surface area contributed by atoms with Crippen LogP contribution >= 0.6 is 0 Å². The summed E-state index contributed by atoms with van der Waals surface area (Å²) in [6, 6.07) is 20.1. The van der Waals surface area contributed by atoms with Crippen molar-refractivity contribution >= 4 is 26.5 Å². The monoisotopic (exact) mass is 409 g/mol. The number of benzene rings is 3. The Hall–Kier alpha value is -3.45.